The van der Waals surface area contributed by atoms with Crippen LogP contribution in [0.1, 0.15) is 51.8 Å². The lowest BCUT2D eigenvalue weighted by Crippen LogP contribution is -2.59. The first-order chi connectivity index (χ1) is 21.7. The summed E-state index contributed by atoms with van der Waals surface area (Å²) in [6.45, 7) is 8.05. The van der Waals surface area contributed by atoms with Gasteiger partial charge >= 0.3 is 12.1 Å². The number of fused-ring (bicyclic) bond motifs is 1. The third-order valence-electron chi connectivity index (χ3n) is 6.86. The molecule has 12 nitrogen and oxygen atoms in total. The van der Waals surface area contributed by atoms with Gasteiger partial charge in [-0.25, -0.2) is 9.59 Å². The van der Waals surface area contributed by atoms with Gasteiger partial charge in [-0.3, -0.25) is 14.3 Å². The number of aliphatic carboxylic acids is 1. The molecule has 12 heteroatoms. The zero-order chi connectivity index (χ0) is 33.5. The van der Waals surface area contributed by atoms with Crippen LogP contribution in [0.25, 0.3) is 10.8 Å². The Morgan fingerprint density at radius 2 is 1.59 bits per heavy atom. The largest absolute Gasteiger partial charge is 0.479 e. The normalized spacial score (nSPS) is 13.0. The molecule has 1 aromatic heterocycles. The van der Waals surface area contributed by atoms with E-state index in [1.54, 1.807) is 32.9 Å². The summed E-state index contributed by atoms with van der Waals surface area (Å²) in [4.78, 5) is 51.5. The second kappa shape index (κ2) is 14.2. The van der Waals surface area contributed by atoms with E-state index < -0.39 is 47.1 Å². The van der Waals surface area contributed by atoms with E-state index in [0.29, 0.717) is 5.56 Å². The average molecular weight is 630 g/mol. The zero-order valence-electron chi connectivity index (χ0n) is 26.4. The van der Waals surface area contributed by atoms with Gasteiger partial charge in [0.2, 0.25) is 11.8 Å². The molecule has 0 aliphatic rings. The fourth-order valence-electron chi connectivity index (χ4n) is 4.57. The van der Waals surface area contributed by atoms with Crippen LogP contribution < -0.4 is 16.0 Å². The van der Waals surface area contributed by atoms with Gasteiger partial charge in [0.25, 0.3) is 0 Å². The van der Waals surface area contributed by atoms with Gasteiger partial charge in [0, 0.05) is 6.20 Å². The molecular formula is C34H39N5O7. The maximum absolute atomic E-state index is 13.5. The molecule has 0 bridgehead atoms. The lowest BCUT2D eigenvalue weighted by Gasteiger charge is -2.29. The Balaban J connectivity index is 1.50. The van der Waals surface area contributed by atoms with Gasteiger partial charge in [0.1, 0.15) is 17.2 Å². The number of hydrogen-bond acceptors (Lipinski definition) is 7. The molecule has 0 saturated heterocycles. The summed E-state index contributed by atoms with van der Waals surface area (Å²) < 4.78 is 12.3. The number of hydrogen-bond donors (Lipinski definition) is 4. The van der Waals surface area contributed by atoms with Crippen LogP contribution >= 0.6 is 0 Å². The van der Waals surface area contributed by atoms with Crippen molar-refractivity contribution < 1.29 is 33.8 Å². The summed E-state index contributed by atoms with van der Waals surface area (Å²) in [5.74, 6) is -2.42. The molecule has 46 heavy (non-hydrogen) atoms. The number of anilines is 1. The molecular weight excluding hydrogens is 590 g/mol. The Kier molecular flexibility index (Phi) is 10.4. The van der Waals surface area contributed by atoms with Crippen LogP contribution in [-0.4, -0.2) is 62.6 Å². The van der Waals surface area contributed by atoms with Gasteiger partial charge in [0.05, 0.1) is 25.1 Å². The van der Waals surface area contributed by atoms with Gasteiger partial charge in [-0.1, -0.05) is 66.7 Å². The number of nitrogens with zero attached hydrogens (tertiary/aromatic N) is 2. The first kappa shape index (κ1) is 33.7. The molecule has 4 rings (SSSR count). The summed E-state index contributed by atoms with van der Waals surface area (Å²) in [7, 11) is 0. The molecule has 1 heterocycles. The standard InChI is InChI=1S/C34H39N5O7/c1-33(2,3)46-32(44)38-34(4,5)31(43)37-27(21-45-20-22-11-7-6-8-12-22)29(40)36-26-18-35-39(19-26)28(30(41)42)25-16-15-23-13-9-10-14-24(23)17-25/h6-19,27-28H,20-21H2,1-5H3,(H,36,40)(H,37,43)(H,38,44)(H,41,42)/t27-,28?/m1/s1. The molecule has 1 unspecified atom stereocenters. The smallest absolute Gasteiger partial charge is 0.408 e. The van der Waals surface area contributed by atoms with Crippen molar-refractivity contribution in [1.29, 1.82) is 0 Å². The first-order valence-electron chi connectivity index (χ1n) is 14.7. The summed E-state index contributed by atoms with van der Waals surface area (Å²) >= 11 is 0. The highest BCUT2D eigenvalue weighted by atomic mass is 16.6. The molecule has 3 amide bonds. The molecule has 0 aliphatic carbocycles. The number of carbonyl (C=O) groups excluding carboxylic acids is 3. The maximum atomic E-state index is 13.5. The molecule has 4 N–H and O–H groups in total. The lowest BCUT2D eigenvalue weighted by molar-refractivity contribution is -0.139. The van der Waals surface area contributed by atoms with E-state index in [2.05, 4.69) is 21.0 Å². The van der Waals surface area contributed by atoms with Gasteiger partial charge in [-0.2, -0.15) is 5.10 Å². The average Bonchev–Trinajstić information content (AvgIpc) is 3.43. The summed E-state index contributed by atoms with van der Waals surface area (Å²) in [5, 5.41) is 24.0. The van der Waals surface area contributed by atoms with Crippen LogP contribution in [-0.2, 0) is 30.5 Å². The molecule has 2 atom stereocenters. The zero-order valence-corrected chi connectivity index (χ0v) is 26.4. The minimum atomic E-state index is -1.44. The molecule has 0 aliphatic heterocycles. The maximum Gasteiger partial charge on any atom is 0.408 e. The number of benzene rings is 3. The van der Waals surface area contributed by atoms with Crippen LogP contribution in [0.4, 0.5) is 10.5 Å². The van der Waals surface area contributed by atoms with Gasteiger partial charge in [-0.15, -0.1) is 0 Å². The third-order valence-corrected chi connectivity index (χ3v) is 6.86. The van der Waals surface area contributed by atoms with Crippen LogP contribution in [0, 0.1) is 0 Å². The Morgan fingerprint density at radius 3 is 2.26 bits per heavy atom. The topological polar surface area (TPSA) is 161 Å². The van der Waals surface area contributed by atoms with E-state index in [-0.39, 0.29) is 18.9 Å². The number of rotatable bonds is 12. The number of carboxylic acids is 1. The highest BCUT2D eigenvalue weighted by Gasteiger charge is 2.35. The second-order valence-electron chi connectivity index (χ2n) is 12.3. The van der Waals surface area contributed by atoms with E-state index >= 15 is 0 Å². The predicted molar refractivity (Wildman–Crippen MR) is 172 cm³/mol. The quantitative estimate of drug-likeness (QED) is 0.176. The van der Waals surface area contributed by atoms with E-state index in [4.69, 9.17) is 9.47 Å². The van der Waals surface area contributed by atoms with Crippen LogP contribution in [0.5, 0.6) is 0 Å². The minimum absolute atomic E-state index is 0.185. The number of ether oxygens (including phenoxy) is 2. The predicted octanol–water partition coefficient (Wildman–Crippen LogP) is 4.65. The minimum Gasteiger partial charge on any atom is -0.479 e. The summed E-state index contributed by atoms with van der Waals surface area (Å²) in [6, 6.07) is 19.9. The van der Waals surface area contributed by atoms with Crippen molar-refractivity contribution in [2.45, 2.75) is 64.4 Å². The fraction of sp³-hybridized carbons (Fsp3) is 0.324. The Morgan fingerprint density at radius 1 is 0.913 bits per heavy atom. The Labute approximate surface area is 267 Å². The van der Waals surface area contributed by atoms with Crippen molar-refractivity contribution in [1.82, 2.24) is 20.4 Å². The van der Waals surface area contributed by atoms with E-state index in [9.17, 15) is 24.3 Å². The second-order valence-corrected chi connectivity index (χ2v) is 12.3. The van der Waals surface area contributed by atoms with E-state index in [0.717, 1.165) is 16.3 Å². The lowest BCUT2D eigenvalue weighted by atomic mass is 10.0. The molecule has 0 spiro atoms. The highest BCUT2D eigenvalue weighted by Crippen LogP contribution is 2.24. The molecule has 4 aromatic rings. The van der Waals surface area contributed by atoms with Crippen molar-refractivity contribution in [3.63, 3.8) is 0 Å². The van der Waals surface area contributed by atoms with E-state index in [1.807, 2.05) is 60.7 Å². The third kappa shape index (κ3) is 9.14. The summed E-state index contributed by atoms with van der Waals surface area (Å²) in [5.41, 5.74) is -0.630. The van der Waals surface area contributed by atoms with Crippen LogP contribution in [0.15, 0.2) is 85.2 Å². The van der Waals surface area contributed by atoms with Gasteiger partial charge < -0.3 is 30.5 Å². The highest BCUT2D eigenvalue weighted by molar-refractivity contribution is 5.99. The molecule has 0 saturated carbocycles. The summed E-state index contributed by atoms with van der Waals surface area (Å²) in [6.07, 6.45) is 1.94. The van der Waals surface area contributed by atoms with Gasteiger partial charge in [-0.05, 0) is 62.6 Å². The molecule has 242 valence electrons. The number of carboxylic acid groups (broad SMARTS) is 1. The fourth-order valence-corrected chi connectivity index (χ4v) is 4.57. The van der Waals surface area contributed by atoms with Crippen molar-refractivity contribution in [3.05, 3.63) is 96.3 Å². The van der Waals surface area contributed by atoms with Crippen LogP contribution in [0.2, 0.25) is 0 Å². The number of carbonyl (C=O) groups is 4. The number of aromatic nitrogens is 2. The number of alkyl carbamates (subject to hydrolysis) is 1. The first-order valence-corrected chi connectivity index (χ1v) is 14.7. The molecule has 0 fully saturated rings. The Bertz CT molecular complexity index is 1690. The van der Waals surface area contributed by atoms with Crippen molar-refractivity contribution in [2.75, 3.05) is 11.9 Å². The van der Waals surface area contributed by atoms with Crippen LogP contribution in [0.3, 0.4) is 0 Å². The van der Waals surface area contributed by atoms with Crippen molar-refractivity contribution >= 4 is 40.3 Å². The molecule has 3 aromatic carbocycles. The Hall–Kier alpha value is -5.23. The van der Waals surface area contributed by atoms with Crippen molar-refractivity contribution in [2.24, 2.45) is 0 Å². The number of amides is 3. The number of nitrogens with one attached hydrogen (secondary N) is 3. The van der Waals surface area contributed by atoms with Gasteiger partial charge in [0.15, 0.2) is 6.04 Å². The molecule has 0 radical (unpaired) electrons. The van der Waals surface area contributed by atoms with E-state index in [1.165, 1.54) is 30.9 Å². The van der Waals surface area contributed by atoms with Crippen molar-refractivity contribution in [3.8, 4) is 0 Å². The SMILES string of the molecule is CC(C)(C)OC(=O)NC(C)(C)C(=O)N[C@H](COCc1ccccc1)C(=O)Nc1cnn(C(C(=O)O)c2ccc3ccccc3c2)c1. The monoisotopic (exact) mass is 629 g/mol.